The van der Waals surface area contributed by atoms with Crippen LogP contribution in [0, 0.1) is 11.7 Å². The Morgan fingerprint density at radius 3 is 2.83 bits per heavy atom. The number of benzene rings is 1. The second-order valence-corrected chi connectivity index (χ2v) is 5.26. The molecule has 3 heteroatoms. The van der Waals surface area contributed by atoms with Crippen LogP contribution >= 0.6 is 0 Å². The number of hydrogen-bond donors (Lipinski definition) is 1. The highest BCUT2D eigenvalue weighted by atomic mass is 19.1. The molecule has 0 aliphatic heterocycles. The molecule has 0 heterocycles. The lowest BCUT2D eigenvalue weighted by atomic mass is 10.1. The van der Waals surface area contributed by atoms with E-state index in [4.69, 9.17) is 0 Å². The Morgan fingerprint density at radius 2 is 2.22 bits per heavy atom. The average Bonchev–Trinajstić information content (AvgIpc) is 3.18. The lowest BCUT2D eigenvalue weighted by Gasteiger charge is -2.26. The van der Waals surface area contributed by atoms with E-state index in [0.717, 1.165) is 31.1 Å². The highest BCUT2D eigenvalue weighted by Gasteiger charge is 2.31. The van der Waals surface area contributed by atoms with Crippen molar-refractivity contribution in [2.45, 2.75) is 32.2 Å². The fraction of sp³-hybridized carbons (Fsp3) is 0.600. The van der Waals surface area contributed by atoms with E-state index in [-0.39, 0.29) is 5.82 Å². The van der Waals surface area contributed by atoms with Crippen molar-refractivity contribution in [1.29, 1.82) is 0 Å². The average molecular weight is 250 g/mol. The van der Waals surface area contributed by atoms with E-state index in [9.17, 15) is 4.39 Å². The molecular formula is C15H23FN2. The Morgan fingerprint density at radius 1 is 1.44 bits per heavy atom. The van der Waals surface area contributed by atoms with Crippen molar-refractivity contribution in [3.05, 3.63) is 30.1 Å². The van der Waals surface area contributed by atoms with E-state index in [1.54, 1.807) is 12.1 Å². The molecule has 0 radical (unpaired) electrons. The molecule has 1 aromatic rings. The minimum Gasteiger partial charge on any atom is -0.373 e. The van der Waals surface area contributed by atoms with Crippen molar-refractivity contribution in [2.24, 2.45) is 5.92 Å². The summed E-state index contributed by atoms with van der Waals surface area (Å²) in [6.45, 7) is 4.21. The van der Waals surface area contributed by atoms with Gasteiger partial charge in [0.05, 0.1) is 0 Å². The summed E-state index contributed by atoms with van der Waals surface area (Å²) < 4.78 is 13.2. The smallest absolute Gasteiger partial charge is 0.125 e. The molecule has 0 saturated heterocycles. The van der Waals surface area contributed by atoms with Gasteiger partial charge < -0.3 is 10.2 Å². The lowest BCUT2D eigenvalue weighted by Crippen LogP contribution is -2.41. The van der Waals surface area contributed by atoms with Gasteiger partial charge in [-0.15, -0.1) is 0 Å². The third-order valence-corrected chi connectivity index (χ3v) is 3.57. The van der Waals surface area contributed by atoms with Gasteiger partial charge in [0.1, 0.15) is 5.82 Å². The number of anilines is 1. The summed E-state index contributed by atoms with van der Waals surface area (Å²) in [5, 5.41) is 3.61. The van der Waals surface area contributed by atoms with Crippen LogP contribution in [0.1, 0.15) is 26.2 Å². The molecule has 0 aromatic heterocycles. The summed E-state index contributed by atoms with van der Waals surface area (Å²) in [6.07, 6.45) is 3.82. The Balaban J connectivity index is 1.93. The van der Waals surface area contributed by atoms with Crippen molar-refractivity contribution in [1.82, 2.24) is 5.32 Å². The first-order chi connectivity index (χ1) is 8.70. The summed E-state index contributed by atoms with van der Waals surface area (Å²) in [5.74, 6) is 0.649. The van der Waals surface area contributed by atoms with Gasteiger partial charge in [0.25, 0.3) is 0 Å². The number of nitrogens with zero attached hydrogens (tertiary/aromatic N) is 1. The van der Waals surface area contributed by atoms with Gasteiger partial charge in [-0.2, -0.15) is 0 Å². The predicted molar refractivity (Wildman–Crippen MR) is 74.5 cm³/mol. The summed E-state index contributed by atoms with van der Waals surface area (Å²) in [4.78, 5) is 2.15. The van der Waals surface area contributed by atoms with Crippen molar-refractivity contribution < 1.29 is 4.39 Å². The van der Waals surface area contributed by atoms with Crippen molar-refractivity contribution in [3.63, 3.8) is 0 Å². The monoisotopic (exact) mass is 250 g/mol. The quantitative estimate of drug-likeness (QED) is 0.800. The maximum Gasteiger partial charge on any atom is 0.125 e. The number of halogens is 1. The SMILES string of the molecule is CCCNC(CN(C)c1cccc(F)c1)C1CC1. The second-order valence-electron chi connectivity index (χ2n) is 5.26. The van der Waals surface area contributed by atoms with E-state index in [0.29, 0.717) is 6.04 Å². The van der Waals surface area contributed by atoms with Crippen molar-refractivity contribution in [3.8, 4) is 0 Å². The third-order valence-electron chi connectivity index (χ3n) is 3.57. The Labute approximate surface area is 109 Å². The van der Waals surface area contributed by atoms with Crippen LogP contribution in [0.5, 0.6) is 0 Å². The van der Waals surface area contributed by atoms with E-state index in [2.05, 4.69) is 17.1 Å². The highest BCUT2D eigenvalue weighted by Crippen LogP contribution is 2.33. The van der Waals surface area contributed by atoms with Crippen molar-refractivity contribution >= 4 is 5.69 Å². The standard InChI is InChI=1S/C15H23FN2/c1-3-9-17-15(12-7-8-12)11-18(2)14-6-4-5-13(16)10-14/h4-6,10,12,15,17H,3,7-9,11H2,1-2H3. The second kappa shape index (κ2) is 6.19. The molecule has 1 aliphatic carbocycles. The normalized spacial score (nSPS) is 16.6. The molecule has 1 aliphatic rings. The summed E-state index contributed by atoms with van der Waals surface area (Å²) in [7, 11) is 2.04. The molecule has 1 aromatic carbocycles. The Kier molecular flexibility index (Phi) is 4.59. The van der Waals surface area contributed by atoms with Crippen molar-refractivity contribution in [2.75, 3.05) is 25.0 Å². The van der Waals surface area contributed by atoms with Crippen LogP contribution in [-0.2, 0) is 0 Å². The molecule has 1 atom stereocenters. The van der Waals surface area contributed by atoms with E-state index >= 15 is 0 Å². The molecule has 1 fully saturated rings. The van der Waals surface area contributed by atoms with Gasteiger partial charge >= 0.3 is 0 Å². The molecule has 2 rings (SSSR count). The van der Waals surface area contributed by atoms with E-state index in [1.807, 2.05) is 13.1 Å². The lowest BCUT2D eigenvalue weighted by molar-refractivity contribution is 0.463. The van der Waals surface area contributed by atoms with Crippen LogP contribution in [0.3, 0.4) is 0 Å². The minimum atomic E-state index is -0.163. The highest BCUT2D eigenvalue weighted by molar-refractivity contribution is 5.45. The molecular weight excluding hydrogens is 227 g/mol. The van der Waals surface area contributed by atoms with E-state index in [1.165, 1.54) is 18.9 Å². The fourth-order valence-electron chi connectivity index (χ4n) is 2.32. The maximum absolute atomic E-state index is 13.2. The summed E-state index contributed by atoms with van der Waals surface area (Å²) in [5.41, 5.74) is 0.957. The van der Waals surface area contributed by atoms with Gasteiger partial charge in [-0.3, -0.25) is 0 Å². The van der Waals surface area contributed by atoms with Gasteiger partial charge in [-0.05, 0) is 49.9 Å². The zero-order valence-electron chi connectivity index (χ0n) is 11.3. The molecule has 1 saturated carbocycles. The Bertz CT molecular complexity index is 377. The molecule has 18 heavy (non-hydrogen) atoms. The number of rotatable bonds is 7. The first-order valence-corrected chi connectivity index (χ1v) is 6.90. The van der Waals surface area contributed by atoms with Crippen LogP contribution in [-0.4, -0.2) is 26.2 Å². The zero-order valence-corrected chi connectivity index (χ0v) is 11.3. The number of likely N-dealkylation sites (N-methyl/N-ethyl adjacent to an activating group) is 1. The molecule has 1 N–H and O–H groups in total. The summed E-state index contributed by atoms with van der Waals surface area (Å²) in [6, 6.07) is 7.37. The zero-order chi connectivity index (χ0) is 13.0. The first-order valence-electron chi connectivity index (χ1n) is 6.90. The molecule has 0 spiro atoms. The van der Waals surface area contributed by atoms with Crippen LogP contribution in [0.2, 0.25) is 0 Å². The topological polar surface area (TPSA) is 15.3 Å². The van der Waals surface area contributed by atoms with Crippen LogP contribution < -0.4 is 10.2 Å². The van der Waals surface area contributed by atoms with Gasteiger partial charge in [-0.1, -0.05) is 13.0 Å². The van der Waals surface area contributed by atoms with Gasteiger partial charge in [0.2, 0.25) is 0 Å². The van der Waals surface area contributed by atoms with Gasteiger partial charge in [0.15, 0.2) is 0 Å². The third kappa shape index (κ3) is 3.70. The molecule has 2 nitrogen and oxygen atoms in total. The molecule has 1 unspecified atom stereocenters. The van der Waals surface area contributed by atoms with Gasteiger partial charge in [-0.25, -0.2) is 4.39 Å². The Hall–Kier alpha value is -1.09. The minimum absolute atomic E-state index is 0.163. The largest absolute Gasteiger partial charge is 0.373 e. The van der Waals surface area contributed by atoms with Crippen LogP contribution in [0.25, 0.3) is 0 Å². The maximum atomic E-state index is 13.2. The fourth-order valence-corrected chi connectivity index (χ4v) is 2.32. The molecule has 0 amide bonds. The number of hydrogen-bond acceptors (Lipinski definition) is 2. The summed E-state index contributed by atoms with van der Waals surface area (Å²) >= 11 is 0. The van der Waals surface area contributed by atoms with E-state index < -0.39 is 0 Å². The number of nitrogens with one attached hydrogen (secondary N) is 1. The predicted octanol–water partition coefficient (Wildman–Crippen LogP) is 3.04. The van der Waals surface area contributed by atoms with Gasteiger partial charge in [0, 0.05) is 25.3 Å². The van der Waals surface area contributed by atoms with Crippen LogP contribution in [0.15, 0.2) is 24.3 Å². The van der Waals surface area contributed by atoms with Crippen LogP contribution in [0.4, 0.5) is 10.1 Å². The molecule has 100 valence electrons. The molecule has 0 bridgehead atoms. The first kappa shape index (κ1) is 13.3.